The van der Waals surface area contributed by atoms with Crippen LogP contribution in [0.5, 0.6) is 0 Å². The molecule has 0 bridgehead atoms. The highest BCUT2D eigenvalue weighted by atomic mass is 127. The standard InChI is InChI=1S/C17H21N3O2S.HI/c18-17(20-16-10-5-2-6-11-16)19-12-7-13-23(21,22)14-15-8-3-1-4-9-15;/h1-6,8-11H,7,12-14H2,(H3,18,19,20);1H. The van der Waals surface area contributed by atoms with E-state index in [0.29, 0.717) is 13.0 Å². The van der Waals surface area contributed by atoms with Gasteiger partial charge in [-0.1, -0.05) is 48.5 Å². The van der Waals surface area contributed by atoms with Crippen molar-refractivity contribution in [2.45, 2.75) is 12.2 Å². The number of halogens is 1. The second-order valence-electron chi connectivity index (χ2n) is 5.19. The Morgan fingerprint density at radius 3 is 2.21 bits per heavy atom. The van der Waals surface area contributed by atoms with Crippen molar-refractivity contribution in [3.63, 3.8) is 0 Å². The van der Waals surface area contributed by atoms with Gasteiger partial charge in [0.2, 0.25) is 0 Å². The van der Waals surface area contributed by atoms with E-state index in [9.17, 15) is 8.42 Å². The number of hydrogen-bond acceptors (Lipinski definition) is 3. The van der Waals surface area contributed by atoms with Crippen LogP contribution in [0.2, 0.25) is 0 Å². The molecule has 0 amide bonds. The van der Waals surface area contributed by atoms with Gasteiger partial charge >= 0.3 is 0 Å². The highest BCUT2D eigenvalue weighted by molar-refractivity contribution is 14.0. The number of para-hydroxylation sites is 1. The molecule has 0 saturated heterocycles. The summed E-state index contributed by atoms with van der Waals surface area (Å²) in [4.78, 5) is 4.15. The van der Waals surface area contributed by atoms with E-state index in [2.05, 4.69) is 10.3 Å². The molecule has 0 aliphatic heterocycles. The van der Waals surface area contributed by atoms with Crippen molar-refractivity contribution in [3.8, 4) is 0 Å². The molecule has 3 N–H and O–H groups in total. The first-order valence-corrected chi connectivity index (χ1v) is 9.24. The molecule has 0 aliphatic rings. The third kappa shape index (κ3) is 7.78. The molecule has 2 aromatic carbocycles. The molecule has 2 aromatic rings. The average Bonchev–Trinajstić information content (AvgIpc) is 2.53. The number of nitrogens with two attached hydrogens (primary N) is 1. The normalized spacial score (nSPS) is 11.6. The number of hydrogen-bond donors (Lipinski definition) is 2. The molecule has 0 atom stereocenters. The summed E-state index contributed by atoms with van der Waals surface area (Å²) in [5.74, 6) is 0.455. The third-order valence-corrected chi connectivity index (χ3v) is 4.86. The fraction of sp³-hybridized carbons (Fsp3) is 0.235. The van der Waals surface area contributed by atoms with Crippen molar-refractivity contribution in [1.82, 2.24) is 0 Å². The zero-order valence-electron chi connectivity index (χ0n) is 13.3. The molecule has 0 aliphatic carbocycles. The zero-order valence-corrected chi connectivity index (χ0v) is 16.4. The summed E-state index contributed by atoms with van der Waals surface area (Å²) in [6.07, 6.45) is 0.451. The van der Waals surface area contributed by atoms with Gasteiger partial charge in [-0.2, -0.15) is 0 Å². The summed E-state index contributed by atoms with van der Waals surface area (Å²) in [6.45, 7) is 0.375. The predicted molar refractivity (Wildman–Crippen MR) is 111 cm³/mol. The summed E-state index contributed by atoms with van der Waals surface area (Å²) >= 11 is 0. The fourth-order valence-corrected chi connectivity index (χ4v) is 3.51. The van der Waals surface area contributed by atoms with E-state index in [1.165, 1.54) is 0 Å². The number of benzene rings is 2. The Hall–Kier alpha value is -1.61. The molecule has 2 rings (SSSR count). The van der Waals surface area contributed by atoms with Gasteiger partial charge in [-0.15, -0.1) is 24.0 Å². The number of anilines is 1. The van der Waals surface area contributed by atoms with E-state index in [0.717, 1.165) is 11.3 Å². The molecule has 0 aromatic heterocycles. The lowest BCUT2D eigenvalue weighted by atomic mass is 10.2. The van der Waals surface area contributed by atoms with E-state index in [-0.39, 0.29) is 41.4 Å². The number of nitrogens with zero attached hydrogens (tertiary/aromatic N) is 1. The number of nitrogens with one attached hydrogen (secondary N) is 1. The Labute approximate surface area is 160 Å². The van der Waals surface area contributed by atoms with Crippen molar-refractivity contribution in [3.05, 3.63) is 66.2 Å². The van der Waals surface area contributed by atoms with Gasteiger partial charge in [-0.25, -0.2) is 8.42 Å². The van der Waals surface area contributed by atoms with Crippen LogP contribution in [0.15, 0.2) is 65.7 Å². The molecule has 130 valence electrons. The molecule has 0 heterocycles. The van der Waals surface area contributed by atoms with E-state index in [1.807, 2.05) is 60.7 Å². The van der Waals surface area contributed by atoms with E-state index in [1.54, 1.807) is 0 Å². The van der Waals surface area contributed by atoms with Crippen LogP contribution in [0.4, 0.5) is 5.69 Å². The Kier molecular flexibility index (Phi) is 8.77. The van der Waals surface area contributed by atoms with Gasteiger partial charge in [-0.05, 0) is 24.1 Å². The summed E-state index contributed by atoms with van der Waals surface area (Å²) in [6, 6.07) is 18.6. The Bertz CT molecular complexity index is 735. The molecule has 24 heavy (non-hydrogen) atoms. The minimum absolute atomic E-state index is 0. The smallest absolute Gasteiger partial charge is 0.193 e. The predicted octanol–water partition coefficient (Wildman–Crippen LogP) is 3.04. The lowest BCUT2D eigenvalue weighted by Crippen LogP contribution is -2.23. The highest BCUT2D eigenvalue weighted by Crippen LogP contribution is 2.07. The second kappa shape index (κ2) is 10.3. The SMILES string of the molecule is I.NC(=NCCCS(=O)(=O)Cc1ccccc1)Nc1ccccc1. The van der Waals surface area contributed by atoms with Gasteiger partial charge < -0.3 is 11.1 Å². The van der Waals surface area contributed by atoms with Gasteiger partial charge in [0, 0.05) is 12.2 Å². The monoisotopic (exact) mass is 459 g/mol. The second-order valence-corrected chi connectivity index (χ2v) is 7.37. The van der Waals surface area contributed by atoms with Gasteiger partial charge in [0.05, 0.1) is 11.5 Å². The van der Waals surface area contributed by atoms with Crippen LogP contribution < -0.4 is 11.1 Å². The van der Waals surface area contributed by atoms with Crippen LogP contribution >= 0.6 is 24.0 Å². The van der Waals surface area contributed by atoms with Crippen LogP contribution in [0.25, 0.3) is 0 Å². The van der Waals surface area contributed by atoms with Crippen LogP contribution in [0.3, 0.4) is 0 Å². The Morgan fingerprint density at radius 2 is 1.58 bits per heavy atom. The van der Waals surface area contributed by atoms with Gasteiger partial charge in [0.15, 0.2) is 15.8 Å². The van der Waals surface area contributed by atoms with E-state index in [4.69, 9.17) is 5.73 Å². The number of rotatable bonds is 7. The van der Waals surface area contributed by atoms with Gasteiger partial charge in [0.25, 0.3) is 0 Å². The van der Waals surface area contributed by atoms with Crippen LogP contribution in [-0.2, 0) is 15.6 Å². The quantitative estimate of drug-likeness (QED) is 0.289. The Morgan fingerprint density at radius 1 is 1.00 bits per heavy atom. The van der Waals surface area contributed by atoms with E-state index < -0.39 is 9.84 Å². The van der Waals surface area contributed by atoms with Crippen molar-refractivity contribution < 1.29 is 8.42 Å². The largest absolute Gasteiger partial charge is 0.370 e. The average molecular weight is 459 g/mol. The first-order chi connectivity index (χ1) is 11.1. The van der Waals surface area contributed by atoms with Crippen molar-refractivity contribution in [1.29, 1.82) is 0 Å². The van der Waals surface area contributed by atoms with Crippen molar-refractivity contribution >= 4 is 45.5 Å². The Balaban J connectivity index is 0.00000288. The zero-order chi connectivity index (χ0) is 16.5. The summed E-state index contributed by atoms with van der Waals surface area (Å²) in [5, 5.41) is 2.96. The molecule has 0 fully saturated rings. The maximum absolute atomic E-state index is 12.0. The highest BCUT2D eigenvalue weighted by Gasteiger charge is 2.11. The third-order valence-electron chi connectivity index (χ3n) is 3.17. The molecule has 7 heteroatoms. The molecule has 0 unspecified atom stereocenters. The lowest BCUT2D eigenvalue weighted by molar-refractivity contribution is 0.593. The molecule has 5 nitrogen and oxygen atoms in total. The lowest BCUT2D eigenvalue weighted by Gasteiger charge is -2.06. The van der Waals surface area contributed by atoms with Crippen molar-refractivity contribution in [2.75, 3.05) is 17.6 Å². The molecule has 0 spiro atoms. The number of aliphatic imine (C=N–C) groups is 1. The van der Waals surface area contributed by atoms with Crippen LogP contribution in [0, 0.1) is 0 Å². The summed E-state index contributed by atoms with van der Waals surface area (Å²) < 4.78 is 24.1. The molecule has 0 radical (unpaired) electrons. The molecule has 0 saturated carbocycles. The maximum Gasteiger partial charge on any atom is 0.193 e. The minimum Gasteiger partial charge on any atom is -0.370 e. The molecular weight excluding hydrogens is 437 g/mol. The first-order valence-electron chi connectivity index (χ1n) is 7.41. The maximum atomic E-state index is 12.0. The van der Waals surface area contributed by atoms with Crippen LogP contribution in [-0.4, -0.2) is 26.7 Å². The van der Waals surface area contributed by atoms with Gasteiger partial charge in [-0.3, -0.25) is 4.99 Å². The fourth-order valence-electron chi connectivity index (χ4n) is 2.09. The summed E-state index contributed by atoms with van der Waals surface area (Å²) in [5.41, 5.74) is 7.43. The number of sulfone groups is 1. The van der Waals surface area contributed by atoms with Gasteiger partial charge in [0.1, 0.15) is 0 Å². The van der Waals surface area contributed by atoms with Crippen molar-refractivity contribution in [2.24, 2.45) is 10.7 Å². The van der Waals surface area contributed by atoms with E-state index >= 15 is 0 Å². The molecular formula is C17H22IN3O2S. The van der Waals surface area contributed by atoms with Crippen LogP contribution in [0.1, 0.15) is 12.0 Å². The summed E-state index contributed by atoms with van der Waals surface area (Å²) in [7, 11) is -3.12. The first kappa shape index (κ1) is 20.4. The topological polar surface area (TPSA) is 84.5 Å². The minimum atomic E-state index is -3.12. The number of guanidine groups is 1.